The van der Waals surface area contributed by atoms with Crippen LogP contribution in [0.25, 0.3) is 16.0 Å². The zero-order chi connectivity index (χ0) is 25.1. The van der Waals surface area contributed by atoms with Crippen LogP contribution < -0.4 is 30.4 Å². The molecule has 2 aromatic carbocycles. The number of hydrogen-bond donors (Lipinski definition) is 2. The van der Waals surface area contributed by atoms with Crippen LogP contribution in [0.5, 0.6) is 23.0 Å². The van der Waals surface area contributed by atoms with E-state index in [9.17, 15) is 4.79 Å². The van der Waals surface area contributed by atoms with Crippen LogP contribution in [-0.4, -0.2) is 42.8 Å². The van der Waals surface area contributed by atoms with Crippen molar-refractivity contribution in [3.8, 4) is 28.0 Å². The number of halogens is 1. The van der Waals surface area contributed by atoms with E-state index < -0.39 is 12.0 Å². The molecule has 0 spiro atoms. The lowest BCUT2D eigenvalue weighted by atomic mass is 10.1. The van der Waals surface area contributed by atoms with E-state index in [0.29, 0.717) is 57.3 Å². The molecule has 1 amide bonds. The maximum Gasteiger partial charge on any atom is 0.262 e. The number of rotatable bonds is 10. The lowest BCUT2D eigenvalue weighted by Gasteiger charge is -2.18. The fraction of sp³-hybridized carbons (Fsp3) is 0.250. The second-order valence-electron chi connectivity index (χ2n) is 7.51. The number of ether oxygens (including phenoxy) is 4. The fourth-order valence-electron chi connectivity index (χ4n) is 3.63. The number of aromatic nitrogens is 2. The van der Waals surface area contributed by atoms with Crippen molar-refractivity contribution in [2.45, 2.75) is 13.0 Å². The molecule has 0 saturated heterocycles. The summed E-state index contributed by atoms with van der Waals surface area (Å²) in [4.78, 5) is 17.0. The minimum absolute atomic E-state index is 0.279. The highest BCUT2D eigenvalue weighted by Gasteiger charge is 2.22. The Morgan fingerprint density at radius 2 is 1.89 bits per heavy atom. The summed E-state index contributed by atoms with van der Waals surface area (Å²) < 4.78 is 24.4. The third-order valence-electron chi connectivity index (χ3n) is 5.31. The number of nitrogens with zero attached hydrogens (tertiary/aromatic N) is 2. The number of carbonyl (C=O) groups excluding carboxylic acids is 1. The lowest BCUT2D eigenvalue weighted by molar-refractivity contribution is 0.0998. The lowest BCUT2D eigenvalue weighted by Crippen LogP contribution is -2.13. The van der Waals surface area contributed by atoms with Crippen molar-refractivity contribution in [2.24, 2.45) is 11.5 Å². The second-order valence-corrected chi connectivity index (χ2v) is 8.92. The van der Waals surface area contributed by atoms with E-state index in [1.54, 1.807) is 38.7 Å². The number of nitrogens with two attached hydrogens (primary N) is 2. The summed E-state index contributed by atoms with van der Waals surface area (Å²) in [5.74, 6) is 1.39. The van der Waals surface area contributed by atoms with Gasteiger partial charge in [-0.05, 0) is 13.0 Å². The van der Waals surface area contributed by atoms with Gasteiger partial charge in [0.25, 0.3) is 5.91 Å². The molecule has 4 rings (SSSR count). The van der Waals surface area contributed by atoms with Gasteiger partial charge >= 0.3 is 0 Å². The van der Waals surface area contributed by atoms with E-state index in [2.05, 4.69) is 4.98 Å². The van der Waals surface area contributed by atoms with E-state index in [4.69, 9.17) is 42.0 Å². The minimum atomic E-state index is -0.599. The van der Waals surface area contributed by atoms with Crippen molar-refractivity contribution in [3.63, 3.8) is 0 Å². The topological polar surface area (TPSA) is 124 Å². The van der Waals surface area contributed by atoms with Gasteiger partial charge in [0, 0.05) is 30.3 Å². The molecule has 9 nitrogen and oxygen atoms in total. The number of hydrogen-bond acceptors (Lipinski definition) is 8. The van der Waals surface area contributed by atoms with E-state index in [1.807, 2.05) is 29.7 Å². The number of fused-ring (bicyclic) bond motifs is 1. The highest BCUT2D eigenvalue weighted by Crippen LogP contribution is 2.40. The molecule has 0 bridgehead atoms. The Morgan fingerprint density at radius 3 is 2.57 bits per heavy atom. The molecule has 4 N–H and O–H groups in total. The van der Waals surface area contributed by atoms with E-state index in [-0.39, 0.29) is 4.88 Å². The number of benzene rings is 2. The van der Waals surface area contributed by atoms with Crippen LogP contribution in [0, 0.1) is 0 Å². The number of carbonyl (C=O) groups is 1. The van der Waals surface area contributed by atoms with Crippen LogP contribution >= 0.6 is 22.9 Å². The maximum absolute atomic E-state index is 12.2. The number of amides is 1. The normalized spacial score (nSPS) is 11.9. The van der Waals surface area contributed by atoms with E-state index in [0.717, 1.165) is 5.52 Å². The molecule has 2 aromatic heterocycles. The Balaban J connectivity index is 1.70. The Labute approximate surface area is 211 Å². The van der Waals surface area contributed by atoms with Crippen LogP contribution in [0.4, 0.5) is 0 Å². The summed E-state index contributed by atoms with van der Waals surface area (Å²) >= 11 is 7.74. The first kappa shape index (κ1) is 24.6. The van der Waals surface area contributed by atoms with Gasteiger partial charge in [0.1, 0.15) is 40.4 Å². The smallest absolute Gasteiger partial charge is 0.262 e. The Bertz CT molecular complexity index is 1370. The van der Waals surface area contributed by atoms with Crippen molar-refractivity contribution < 1.29 is 23.7 Å². The highest BCUT2D eigenvalue weighted by molar-refractivity contribution is 7.16. The fourth-order valence-corrected chi connectivity index (χ4v) is 4.89. The van der Waals surface area contributed by atoms with Crippen LogP contribution in [0.1, 0.15) is 28.3 Å². The minimum Gasteiger partial charge on any atom is -0.493 e. The standard InChI is InChI=1S/C24H25ClN4O5S/c1-13(14-5-4-6-17(22(14)25)33-8-7-26)34-20-11-21(35-23(20)24(27)30)29-12-28-15-9-18(31-2)19(32-3)10-16(15)29/h4-6,9-13H,7-8,26H2,1-3H3,(H2,27,30). The molecule has 0 aliphatic carbocycles. The number of primary amides is 1. The van der Waals surface area contributed by atoms with Gasteiger partial charge in [-0.1, -0.05) is 23.7 Å². The largest absolute Gasteiger partial charge is 0.493 e. The van der Waals surface area contributed by atoms with Crippen molar-refractivity contribution in [2.75, 3.05) is 27.4 Å². The molecule has 0 saturated carbocycles. The molecule has 0 fully saturated rings. The van der Waals surface area contributed by atoms with Crippen molar-refractivity contribution in [1.29, 1.82) is 0 Å². The molecule has 2 heterocycles. The summed E-state index contributed by atoms with van der Waals surface area (Å²) in [5, 5.41) is 1.12. The summed E-state index contributed by atoms with van der Waals surface area (Å²) in [5.41, 5.74) is 13.4. The van der Waals surface area contributed by atoms with E-state index in [1.165, 1.54) is 11.3 Å². The molecule has 4 aromatic rings. The van der Waals surface area contributed by atoms with Gasteiger partial charge in [0.2, 0.25) is 0 Å². The van der Waals surface area contributed by atoms with Crippen molar-refractivity contribution in [3.05, 3.63) is 58.2 Å². The second kappa shape index (κ2) is 10.4. The highest BCUT2D eigenvalue weighted by atomic mass is 35.5. The third-order valence-corrected chi connectivity index (χ3v) is 6.84. The molecular weight excluding hydrogens is 492 g/mol. The van der Waals surface area contributed by atoms with Gasteiger partial charge in [-0.2, -0.15) is 0 Å². The van der Waals surface area contributed by atoms with Gasteiger partial charge < -0.3 is 30.4 Å². The van der Waals surface area contributed by atoms with Gasteiger partial charge in [-0.15, -0.1) is 11.3 Å². The predicted molar refractivity (Wildman–Crippen MR) is 136 cm³/mol. The molecule has 11 heteroatoms. The predicted octanol–water partition coefficient (Wildman–Crippen LogP) is 4.33. The Morgan fingerprint density at radius 1 is 1.14 bits per heavy atom. The van der Waals surface area contributed by atoms with Crippen LogP contribution in [-0.2, 0) is 0 Å². The van der Waals surface area contributed by atoms with Gasteiger partial charge in [0.05, 0.1) is 30.3 Å². The number of imidazole rings is 1. The van der Waals surface area contributed by atoms with Crippen LogP contribution in [0.2, 0.25) is 5.02 Å². The van der Waals surface area contributed by atoms with Crippen LogP contribution in [0.15, 0.2) is 42.7 Å². The monoisotopic (exact) mass is 516 g/mol. The quantitative estimate of drug-likeness (QED) is 0.321. The molecule has 1 atom stereocenters. The summed E-state index contributed by atoms with van der Waals surface area (Å²) in [6.45, 7) is 2.54. The van der Waals surface area contributed by atoms with E-state index >= 15 is 0 Å². The average Bonchev–Trinajstić information content (AvgIpc) is 3.46. The van der Waals surface area contributed by atoms with Gasteiger partial charge in [-0.25, -0.2) is 4.98 Å². The zero-order valence-corrected chi connectivity index (χ0v) is 21.0. The molecule has 1 unspecified atom stereocenters. The van der Waals surface area contributed by atoms with Crippen molar-refractivity contribution >= 4 is 39.9 Å². The molecule has 0 aliphatic heterocycles. The Kier molecular flexibility index (Phi) is 7.34. The molecular formula is C24H25ClN4O5S. The van der Waals surface area contributed by atoms with Gasteiger partial charge in [-0.3, -0.25) is 9.36 Å². The summed E-state index contributed by atoms with van der Waals surface area (Å²) in [6, 6.07) is 10.8. The Hall–Kier alpha value is -3.47. The first-order chi connectivity index (χ1) is 16.9. The SMILES string of the molecule is COc1cc2ncn(-c3cc(OC(C)c4cccc(OCCN)c4Cl)c(C(N)=O)s3)c2cc1OC. The first-order valence-electron chi connectivity index (χ1n) is 10.7. The maximum atomic E-state index is 12.2. The number of methoxy groups -OCH3 is 2. The van der Waals surface area contributed by atoms with Crippen molar-refractivity contribution in [1.82, 2.24) is 9.55 Å². The summed E-state index contributed by atoms with van der Waals surface area (Å²) in [7, 11) is 3.13. The summed E-state index contributed by atoms with van der Waals surface area (Å²) in [6.07, 6.45) is 1.16. The number of thiophene rings is 1. The molecule has 35 heavy (non-hydrogen) atoms. The zero-order valence-electron chi connectivity index (χ0n) is 19.4. The van der Waals surface area contributed by atoms with Gasteiger partial charge in [0.15, 0.2) is 11.5 Å². The first-order valence-corrected chi connectivity index (χ1v) is 11.9. The molecule has 184 valence electrons. The average molecular weight is 517 g/mol. The molecule has 0 aliphatic rings. The third kappa shape index (κ3) is 4.86. The van der Waals surface area contributed by atoms with Crippen LogP contribution in [0.3, 0.4) is 0 Å². The molecule has 0 radical (unpaired) electrons.